The maximum Gasteiger partial charge on any atom is 0.277 e. The molecule has 0 unspecified atom stereocenters. The summed E-state index contributed by atoms with van der Waals surface area (Å²) in [5.41, 5.74) is 2.35. The normalized spacial score (nSPS) is 10.6. The van der Waals surface area contributed by atoms with Gasteiger partial charge in [0.2, 0.25) is 0 Å². The van der Waals surface area contributed by atoms with Crippen molar-refractivity contribution in [1.29, 1.82) is 0 Å². The Morgan fingerprint density at radius 1 is 1.29 bits per heavy atom. The first-order chi connectivity index (χ1) is 10.2. The molecule has 0 radical (unpaired) electrons. The second-order valence-corrected chi connectivity index (χ2v) is 4.18. The van der Waals surface area contributed by atoms with Crippen molar-refractivity contribution in [3.63, 3.8) is 0 Å². The summed E-state index contributed by atoms with van der Waals surface area (Å²) >= 11 is 0. The van der Waals surface area contributed by atoms with E-state index >= 15 is 0 Å². The van der Waals surface area contributed by atoms with Crippen LogP contribution in [0.1, 0.15) is 11.5 Å². The molecule has 0 saturated heterocycles. The van der Waals surface area contributed by atoms with Crippen molar-refractivity contribution < 1.29 is 18.7 Å². The zero-order valence-corrected chi connectivity index (χ0v) is 11.8. The summed E-state index contributed by atoms with van der Waals surface area (Å²) in [4.78, 5) is 11.6. The van der Waals surface area contributed by atoms with E-state index in [0.29, 0.717) is 17.3 Å². The van der Waals surface area contributed by atoms with Crippen LogP contribution in [0.25, 0.3) is 0 Å². The van der Waals surface area contributed by atoms with Crippen LogP contribution in [0, 0.1) is 6.92 Å². The van der Waals surface area contributed by atoms with Gasteiger partial charge in [-0.05, 0) is 31.2 Å². The molecule has 1 aromatic carbocycles. The van der Waals surface area contributed by atoms with E-state index in [4.69, 9.17) is 13.9 Å². The van der Waals surface area contributed by atoms with Crippen LogP contribution in [0.4, 0.5) is 0 Å². The monoisotopic (exact) mass is 288 g/mol. The van der Waals surface area contributed by atoms with E-state index in [-0.39, 0.29) is 12.5 Å². The predicted octanol–water partition coefficient (Wildman–Crippen LogP) is 2.13. The van der Waals surface area contributed by atoms with Gasteiger partial charge in [-0.25, -0.2) is 5.43 Å². The zero-order chi connectivity index (χ0) is 15.1. The molecule has 0 fully saturated rings. The Bertz CT molecular complexity index is 634. The maximum absolute atomic E-state index is 11.6. The van der Waals surface area contributed by atoms with E-state index < -0.39 is 0 Å². The van der Waals surface area contributed by atoms with E-state index in [1.807, 2.05) is 19.1 Å². The maximum atomic E-state index is 11.6. The van der Waals surface area contributed by atoms with Crippen LogP contribution in [0.2, 0.25) is 0 Å². The Balaban J connectivity index is 1.81. The molecule has 0 atom stereocenters. The van der Waals surface area contributed by atoms with Gasteiger partial charge in [-0.15, -0.1) is 0 Å². The van der Waals surface area contributed by atoms with Crippen molar-refractivity contribution in [3.05, 3.63) is 47.9 Å². The summed E-state index contributed by atoms with van der Waals surface area (Å²) in [5.74, 6) is 2.04. The fraction of sp³-hybridized carbons (Fsp3) is 0.200. The fourth-order valence-electron chi connectivity index (χ4n) is 1.60. The standard InChI is InChI=1S/C15H16N2O4/c1-11-7-8-12(21-11)9-16-17-15(18)10-20-14-6-4-3-5-13(14)19-2/h3-9H,10H2,1-2H3,(H,17,18)/b16-9+. The molecule has 0 aliphatic heterocycles. The Hall–Kier alpha value is -2.76. The van der Waals surface area contributed by atoms with Gasteiger partial charge in [0, 0.05) is 0 Å². The number of ether oxygens (including phenoxy) is 2. The van der Waals surface area contributed by atoms with Gasteiger partial charge in [0.25, 0.3) is 5.91 Å². The summed E-state index contributed by atoms with van der Waals surface area (Å²) in [6, 6.07) is 10.7. The molecule has 2 rings (SSSR count). The van der Waals surface area contributed by atoms with E-state index in [9.17, 15) is 4.79 Å². The first-order valence-corrected chi connectivity index (χ1v) is 6.33. The SMILES string of the molecule is COc1ccccc1OCC(=O)N/N=C/c1ccc(C)o1. The lowest BCUT2D eigenvalue weighted by atomic mass is 10.3. The Labute approximate surface area is 122 Å². The topological polar surface area (TPSA) is 73.1 Å². The molecule has 6 heteroatoms. The number of hydrogen-bond acceptors (Lipinski definition) is 5. The number of carbonyl (C=O) groups excluding carboxylic acids is 1. The van der Waals surface area contributed by atoms with Gasteiger partial charge >= 0.3 is 0 Å². The Morgan fingerprint density at radius 2 is 2.05 bits per heavy atom. The molecule has 1 amide bonds. The molecular formula is C15H16N2O4. The highest BCUT2D eigenvalue weighted by molar-refractivity contribution is 5.81. The summed E-state index contributed by atoms with van der Waals surface area (Å²) in [5, 5.41) is 3.78. The number of amides is 1. The van der Waals surface area contributed by atoms with Crippen LogP contribution in [-0.4, -0.2) is 25.8 Å². The smallest absolute Gasteiger partial charge is 0.277 e. The molecule has 110 valence electrons. The molecule has 0 aliphatic rings. The number of hydrazone groups is 1. The number of furan rings is 1. The Morgan fingerprint density at radius 3 is 2.71 bits per heavy atom. The van der Waals surface area contributed by atoms with Gasteiger partial charge in [-0.1, -0.05) is 12.1 Å². The minimum atomic E-state index is -0.375. The molecule has 1 N–H and O–H groups in total. The van der Waals surface area contributed by atoms with Gasteiger partial charge in [0.1, 0.15) is 11.5 Å². The van der Waals surface area contributed by atoms with Gasteiger partial charge < -0.3 is 13.9 Å². The number of carbonyl (C=O) groups is 1. The van der Waals surface area contributed by atoms with Crippen molar-refractivity contribution in [3.8, 4) is 11.5 Å². The molecule has 0 spiro atoms. The van der Waals surface area contributed by atoms with Crippen LogP contribution in [-0.2, 0) is 4.79 Å². The number of methoxy groups -OCH3 is 1. The lowest BCUT2D eigenvalue weighted by molar-refractivity contribution is -0.123. The predicted molar refractivity (Wildman–Crippen MR) is 77.7 cm³/mol. The van der Waals surface area contributed by atoms with Crippen molar-refractivity contribution in [2.45, 2.75) is 6.92 Å². The molecule has 1 aromatic heterocycles. The van der Waals surface area contributed by atoms with Gasteiger partial charge in [0.15, 0.2) is 18.1 Å². The number of rotatable bonds is 6. The van der Waals surface area contributed by atoms with E-state index in [0.717, 1.165) is 5.76 Å². The lowest BCUT2D eigenvalue weighted by Crippen LogP contribution is -2.24. The molecule has 6 nitrogen and oxygen atoms in total. The number of nitrogens with zero attached hydrogens (tertiary/aromatic N) is 1. The molecule has 21 heavy (non-hydrogen) atoms. The highest BCUT2D eigenvalue weighted by atomic mass is 16.5. The van der Waals surface area contributed by atoms with Gasteiger partial charge in [0.05, 0.1) is 13.3 Å². The highest BCUT2D eigenvalue weighted by Gasteiger charge is 2.05. The molecule has 0 bridgehead atoms. The third kappa shape index (κ3) is 4.38. The number of nitrogens with one attached hydrogen (secondary N) is 1. The molecule has 0 saturated carbocycles. The average Bonchev–Trinajstić information content (AvgIpc) is 2.91. The summed E-state index contributed by atoms with van der Waals surface area (Å²) < 4.78 is 15.8. The molecule has 0 aliphatic carbocycles. The first kappa shape index (κ1) is 14.6. The quantitative estimate of drug-likeness (QED) is 0.653. The van der Waals surface area contributed by atoms with E-state index in [1.54, 1.807) is 24.3 Å². The largest absolute Gasteiger partial charge is 0.493 e. The second kappa shape index (κ2) is 7.14. The minimum absolute atomic E-state index is 0.158. The number of para-hydroxylation sites is 2. The highest BCUT2D eigenvalue weighted by Crippen LogP contribution is 2.25. The third-order valence-corrected chi connectivity index (χ3v) is 2.57. The van der Waals surface area contributed by atoms with Gasteiger partial charge in [-0.3, -0.25) is 4.79 Å². The Kier molecular flexibility index (Phi) is 4.98. The van der Waals surface area contributed by atoms with Crippen LogP contribution in [0.3, 0.4) is 0 Å². The van der Waals surface area contributed by atoms with E-state index in [1.165, 1.54) is 13.3 Å². The molecular weight excluding hydrogens is 272 g/mol. The molecule has 1 heterocycles. The third-order valence-electron chi connectivity index (χ3n) is 2.57. The van der Waals surface area contributed by atoms with E-state index in [2.05, 4.69) is 10.5 Å². The number of benzene rings is 1. The van der Waals surface area contributed by atoms with Gasteiger partial charge in [-0.2, -0.15) is 5.10 Å². The van der Waals surface area contributed by atoms with Crippen molar-refractivity contribution in [1.82, 2.24) is 5.43 Å². The zero-order valence-electron chi connectivity index (χ0n) is 11.8. The second-order valence-electron chi connectivity index (χ2n) is 4.18. The summed E-state index contributed by atoms with van der Waals surface area (Å²) in [7, 11) is 1.54. The van der Waals surface area contributed by atoms with Crippen LogP contribution in [0.15, 0.2) is 45.9 Å². The minimum Gasteiger partial charge on any atom is -0.493 e. The summed E-state index contributed by atoms with van der Waals surface area (Å²) in [6.45, 7) is 1.67. The van der Waals surface area contributed by atoms with Crippen molar-refractivity contribution in [2.24, 2.45) is 5.10 Å². The van der Waals surface area contributed by atoms with Crippen LogP contribution >= 0.6 is 0 Å². The van der Waals surface area contributed by atoms with Crippen molar-refractivity contribution in [2.75, 3.05) is 13.7 Å². The lowest BCUT2D eigenvalue weighted by Gasteiger charge is -2.08. The van der Waals surface area contributed by atoms with Crippen LogP contribution in [0.5, 0.6) is 11.5 Å². The number of aryl methyl sites for hydroxylation is 1. The average molecular weight is 288 g/mol. The van der Waals surface area contributed by atoms with Crippen molar-refractivity contribution >= 4 is 12.1 Å². The molecule has 2 aromatic rings. The number of hydrogen-bond donors (Lipinski definition) is 1. The van der Waals surface area contributed by atoms with Crippen LogP contribution < -0.4 is 14.9 Å². The fourth-order valence-corrected chi connectivity index (χ4v) is 1.60. The first-order valence-electron chi connectivity index (χ1n) is 6.33. The summed E-state index contributed by atoms with van der Waals surface area (Å²) in [6.07, 6.45) is 1.42.